The van der Waals surface area contributed by atoms with Crippen LogP contribution in [0.3, 0.4) is 0 Å². The van der Waals surface area contributed by atoms with Crippen molar-refractivity contribution in [3.05, 3.63) is 46.1 Å². The monoisotopic (exact) mass is 439 g/mol. The van der Waals surface area contributed by atoms with E-state index in [0.717, 1.165) is 31.6 Å². The van der Waals surface area contributed by atoms with Gasteiger partial charge in [-0.3, -0.25) is 9.48 Å². The first-order chi connectivity index (χ1) is 13.7. The number of aromatic nitrogens is 2. The number of amides is 1. The van der Waals surface area contributed by atoms with Crippen LogP contribution in [0.4, 0.5) is 5.82 Å². The van der Waals surface area contributed by atoms with Crippen LogP contribution in [0.15, 0.2) is 30.5 Å². The Bertz CT molecular complexity index is 842. The zero-order valence-electron chi connectivity index (χ0n) is 16.7. The molecule has 3 rings (SSSR count). The van der Waals surface area contributed by atoms with Gasteiger partial charge in [-0.15, -0.1) is 0 Å². The molecular formula is C21H27Cl2N3O3. The van der Waals surface area contributed by atoms with Gasteiger partial charge in [0.05, 0.1) is 28.1 Å². The van der Waals surface area contributed by atoms with Crippen LogP contribution in [0.25, 0.3) is 0 Å². The molecule has 1 atom stereocenters. The second-order valence-corrected chi connectivity index (χ2v) is 9.03. The number of carbonyl (C=O) groups excluding carboxylic acids is 1. The van der Waals surface area contributed by atoms with E-state index in [9.17, 15) is 9.90 Å². The van der Waals surface area contributed by atoms with Gasteiger partial charge in [0.25, 0.3) is 0 Å². The van der Waals surface area contributed by atoms with E-state index in [1.807, 2.05) is 6.07 Å². The fourth-order valence-electron chi connectivity index (χ4n) is 3.57. The normalized spacial score (nSPS) is 16.6. The molecule has 1 aliphatic heterocycles. The predicted octanol–water partition coefficient (Wildman–Crippen LogP) is 4.50. The predicted molar refractivity (Wildman–Crippen MR) is 115 cm³/mol. The molecule has 1 amide bonds. The van der Waals surface area contributed by atoms with Crippen LogP contribution in [0.1, 0.15) is 44.6 Å². The molecule has 0 radical (unpaired) electrons. The number of aliphatic hydroxyl groups is 1. The molecule has 29 heavy (non-hydrogen) atoms. The standard InChI is InChI=1S/C21H27Cl2N3O3/c1-21(2,28)13-26-8-5-19(25-26)24-20(27)16(11-14-6-9-29-10-7-14)15-3-4-17(22)18(23)12-15/h3-5,8,12,14,16,28H,6-7,9-11,13H2,1-2H3,(H,24,25,27). The number of halogens is 2. The molecule has 1 aromatic heterocycles. The van der Waals surface area contributed by atoms with Crippen molar-refractivity contribution >= 4 is 34.9 Å². The molecule has 6 nitrogen and oxygen atoms in total. The molecule has 1 saturated heterocycles. The van der Waals surface area contributed by atoms with Crippen molar-refractivity contribution in [1.29, 1.82) is 0 Å². The smallest absolute Gasteiger partial charge is 0.233 e. The van der Waals surface area contributed by atoms with Crippen LogP contribution in [-0.2, 0) is 16.1 Å². The van der Waals surface area contributed by atoms with E-state index in [2.05, 4.69) is 10.4 Å². The van der Waals surface area contributed by atoms with E-state index < -0.39 is 5.60 Å². The summed E-state index contributed by atoms with van der Waals surface area (Å²) in [6.45, 7) is 5.20. The summed E-state index contributed by atoms with van der Waals surface area (Å²) in [6.07, 6.45) is 4.31. The fourth-order valence-corrected chi connectivity index (χ4v) is 3.87. The first-order valence-electron chi connectivity index (χ1n) is 9.81. The Kier molecular flexibility index (Phi) is 7.22. The Morgan fingerprint density at radius 3 is 2.69 bits per heavy atom. The molecule has 2 heterocycles. The van der Waals surface area contributed by atoms with Gasteiger partial charge >= 0.3 is 0 Å². The van der Waals surface area contributed by atoms with Crippen LogP contribution < -0.4 is 5.32 Å². The average Bonchev–Trinajstić information content (AvgIpc) is 3.07. The number of hydrogen-bond donors (Lipinski definition) is 2. The van der Waals surface area contributed by atoms with Crippen molar-refractivity contribution in [2.24, 2.45) is 5.92 Å². The maximum absolute atomic E-state index is 13.2. The van der Waals surface area contributed by atoms with Gasteiger partial charge in [0, 0.05) is 25.5 Å². The lowest BCUT2D eigenvalue weighted by atomic mass is 9.84. The summed E-state index contributed by atoms with van der Waals surface area (Å²) in [5, 5.41) is 18.1. The molecule has 2 aromatic rings. The van der Waals surface area contributed by atoms with Gasteiger partial charge in [-0.1, -0.05) is 29.3 Å². The van der Waals surface area contributed by atoms with Crippen molar-refractivity contribution in [3.8, 4) is 0 Å². The van der Waals surface area contributed by atoms with Gasteiger partial charge in [-0.25, -0.2) is 0 Å². The summed E-state index contributed by atoms with van der Waals surface area (Å²) >= 11 is 12.3. The molecule has 8 heteroatoms. The SMILES string of the molecule is CC(C)(O)Cn1ccc(NC(=O)C(CC2CCOCC2)c2ccc(Cl)c(Cl)c2)n1. The van der Waals surface area contributed by atoms with Gasteiger partial charge < -0.3 is 15.2 Å². The number of carbonyl (C=O) groups is 1. The molecule has 0 aliphatic carbocycles. The van der Waals surface area contributed by atoms with Crippen molar-refractivity contribution in [2.45, 2.75) is 51.2 Å². The topological polar surface area (TPSA) is 76.4 Å². The average molecular weight is 440 g/mol. The molecule has 2 N–H and O–H groups in total. The van der Waals surface area contributed by atoms with Crippen LogP contribution in [0, 0.1) is 5.92 Å². The van der Waals surface area contributed by atoms with Crippen molar-refractivity contribution in [2.75, 3.05) is 18.5 Å². The number of nitrogens with one attached hydrogen (secondary N) is 1. The number of benzene rings is 1. The number of nitrogens with zero attached hydrogens (tertiary/aromatic N) is 2. The van der Waals surface area contributed by atoms with Gasteiger partial charge in [0.2, 0.25) is 5.91 Å². The summed E-state index contributed by atoms with van der Waals surface area (Å²) < 4.78 is 7.06. The lowest BCUT2D eigenvalue weighted by Gasteiger charge is -2.26. The summed E-state index contributed by atoms with van der Waals surface area (Å²) in [4.78, 5) is 13.2. The number of hydrogen-bond acceptors (Lipinski definition) is 4. The minimum Gasteiger partial charge on any atom is -0.389 e. The first-order valence-corrected chi connectivity index (χ1v) is 10.6. The quantitative estimate of drug-likeness (QED) is 0.665. The lowest BCUT2D eigenvalue weighted by Crippen LogP contribution is -2.27. The molecule has 158 valence electrons. The maximum atomic E-state index is 13.2. The highest BCUT2D eigenvalue weighted by molar-refractivity contribution is 6.42. The summed E-state index contributed by atoms with van der Waals surface area (Å²) in [5.41, 5.74) is -0.0572. The Morgan fingerprint density at radius 2 is 2.03 bits per heavy atom. The van der Waals surface area contributed by atoms with Crippen molar-refractivity contribution in [1.82, 2.24) is 9.78 Å². The van der Waals surface area contributed by atoms with E-state index in [0.29, 0.717) is 34.7 Å². The molecule has 1 aromatic carbocycles. The lowest BCUT2D eigenvalue weighted by molar-refractivity contribution is -0.118. The zero-order valence-corrected chi connectivity index (χ0v) is 18.2. The van der Waals surface area contributed by atoms with E-state index in [4.69, 9.17) is 27.9 Å². The summed E-state index contributed by atoms with van der Waals surface area (Å²) in [6, 6.07) is 7.07. The Balaban J connectivity index is 1.77. The molecule has 0 spiro atoms. The highest BCUT2D eigenvalue weighted by atomic mass is 35.5. The van der Waals surface area contributed by atoms with Gasteiger partial charge in [0.1, 0.15) is 0 Å². The van der Waals surface area contributed by atoms with E-state index in [1.54, 1.807) is 42.9 Å². The Morgan fingerprint density at radius 1 is 1.31 bits per heavy atom. The Labute approximate surface area is 181 Å². The zero-order chi connectivity index (χ0) is 21.0. The third-order valence-corrected chi connectivity index (χ3v) is 5.75. The highest BCUT2D eigenvalue weighted by Gasteiger charge is 2.27. The third-order valence-electron chi connectivity index (χ3n) is 5.01. The van der Waals surface area contributed by atoms with Gasteiger partial charge in [-0.2, -0.15) is 5.10 Å². The molecule has 0 saturated carbocycles. The van der Waals surface area contributed by atoms with E-state index in [-0.39, 0.29) is 11.8 Å². The van der Waals surface area contributed by atoms with E-state index in [1.165, 1.54) is 0 Å². The molecule has 1 unspecified atom stereocenters. The van der Waals surface area contributed by atoms with Crippen LogP contribution in [0.5, 0.6) is 0 Å². The minimum atomic E-state index is -0.890. The van der Waals surface area contributed by atoms with Crippen LogP contribution >= 0.6 is 23.2 Å². The molecule has 1 aliphatic rings. The third kappa shape index (κ3) is 6.44. The van der Waals surface area contributed by atoms with Crippen LogP contribution in [-0.4, -0.2) is 39.6 Å². The largest absolute Gasteiger partial charge is 0.389 e. The maximum Gasteiger partial charge on any atom is 0.233 e. The second kappa shape index (κ2) is 9.47. The first kappa shape index (κ1) is 22.1. The minimum absolute atomic E-state index is 0.136. The van der Waals surface area contributed by atoms with E-state index >= 15 is 0 Å². The summed E-state index contributed by atoms with van der Waals surface area (Å²) in [5.74, 6) is 0.355. The fraction of sp³-hybridized carbons (Fsp3) is 0.524. The van der Waals surface area contributed by atoms with Crippen molar-refractivity contribution in [3.63, 3.8) is 0 Å². The number of ether oxygens (including phenoxy) is 1. The number of anilines is 1. The Hall–Kier alpha value is -1.60. The molecule has 0 bridgehead atoms. The summed E-state index contributed by atoms with van der Waals surface area (Å²) in [7, 11) is 0. The highest BCUT2D eigenvalue weighted by Crippen LogP contribution is 2.33. The van der Waals surface area contributed by atoms with Crippen molar-refractivity contribution < 1.29 is 14.6 Å². The molecular weight excluding hydrogens is 413 g/mol. The second-order valence-electron chi connectivity index (χ2n) is 8.22. The number of rotatable bonds is 7. The van der Waals surface area contributed by atoms with Crippen LogP contribution in [0.2, 0.25) is 10.0 Å². The van der Waals surface area contributed by atoms with Gasteiger partial charge in [-0.05, 0) is 56.7 Å². The molecule has 1 fully saturated rings. The van der Waals surface area contributed by atoms with Gasteiger partial charge in [0.15, 0.2) is 5.82 Å².